The molecule has 2 atom stereocenters. The molecule has 3 aliphatic heterocycles. The van der Waals surface area contributed by atoms with Crippen molar-refractivity contribution in [2.75, 3.05) is 19.7 Å². The Balaban J connectivity index is 1.37. The zero-order valence-electron chi connectivity index (χ0n) is 17.6. The third-order valence-electron chi connectivity index (χ3n) is 6.38. The van der Waals surface area contributed by atoms with E-state index in [4.69, 9.17) is 9.72 Å². The van der Waals surface area contributed by atoms with Crippen LogP contribution in [0.4, 0.5) is 0 Å². The number of hydrogen-bond acceptors (Lipinski definition) is 6. The van der Waals surface area contributed by atoms with Gasteiger partial charge in [-0.3, -0.25) is 14.4 Å². The number of likely N-dealkylation sites (tertiary alicyclic amines) is 1. The lowest BCUT2D eigenvalue weighted by atomic mass is 10.1. The zero-order chi connectivity index (χ0) is 21.5. The van der Waals surface area contributed by atoms with Crippen LogP contribution in [0.5, 0.6) is 0 Å². The molecular weight excluding hydrogens is 416 g/mol. The van der Waals surface area contributed by atoms with Crippen LogP contribution in [0.2, 0.25) is 0 Å². The first-order valence-electron chi connectivity index (χ1n) is 10.9. The number of aromatic nitrogens is 2. The Morgan fingerprint density at radius 2 is 2.10 bits per heavy atom. The molecule has 0 unspecified atom stereocenters. The van der Waals surface area contributed by atoms with Crippen LogP contribution < -0.4 is 5.56 Å². The van der Waals surface area contributed by atoms with Gasteiger partial charge < -0.3 is 19.5 Å². The predicted molar refractivity (Wildman–Crippen MR) is 115 cm³/mol. The van der Waals surface area contributed by atoms with Crippen LogP contribution in [0.25, 0.3) is 0 Å². The van der Waals surface area contributed by atoms with Crippen LogP contribution in [0.1, 0.15) is 63.4 Å². The first-order valence-corrected chi connectivity index (χ1v) is 11.7. The molecule has 0 aromatic carbocycles. The molecule has 8 nitrogen and oxygen atoms in total. The van der Waals surface area contributed by atoms with Gasteiger partial charge in [0.25, 0.3) is 17.4 Å². The summed E-state index contributed by atoms with van der Waals surface area (Å²) in [7, 11) is 0. The summed E-state index contributed by atoms with van der Waals surface area (Å²) in [5, 5.41) is 0. The highest BCUT2D eigenvalue weighted by Gasteiger charge is 2.37. The van der Waals surface area contributed by atoms with Crippen molar-refractivity contribution in [2.45, 2.75) is 57.7 Å². The molecule has 2 saturated heterocycles. The lowest BCUT2D eigenvalue weighted by Crippen LogP contribution is -2.41. The molecule has 0 radical (unpaired) electrons. The van der Waals surface area contributed by atoms with Gasteiger partial charge in [0.05, 0.1) is 28.7 Å². The highest BCUT2D eigenvalue weighted by atomic mass is 32.1. The van der Waals surface area contributed by atoms with Crippen LogP contribution in [0, 0.1) is 6.92 Å². The van der Waals surface area contributed by atoms with E-state index in [1.807, 2.05) is 24.0 Å². The average molecular weight is 443 g/mol. The number of nitrogens with one attached hydrogen (secondary N) is 1. The number of ether oxygens (including phenoxy) is 1. The number of hydrogen-bond donors (Lipinski definition) is 1. The Morgan fingerprint density at radius 1 is 1.23 bits per heavy atom. The molecule has 2 fully saturated rings. The third-order valence-corrected chi connectivity index (χ3v) is 7.37. The van der Waals surface area contributed by atoms with Gasteiger partial charge in [0.1, 0.15) is 11.9 Å². The van der Waals surface area contributed by atoms with E-state index in [1.54, 1.807) is 4.90 Å². The molecule has 1 N–H and O–H groups in total. The molecule has 2 aromatic heterocycles. The number of nitrogens with zero attached hydrogens (tertiary/aromatic N) is 3. The molecule has 2 aromatic rings. The SMILES string of the molecule is Cc1ccc(C(=O)N2CCc3nc([C@H]4CCCN4C(=O)[C@H]4CCCO4)[nH]c(=O)c3C2)s1. The van der Waals surface area contributed by atoms with Gasteiger partial charge in [-0.25, -0.2) is 4.98 Å². The van der Waals surface area contributed by atoms with Crippen molar-refractivity contribution in [3.8, 4) is 0 Å². The second-order valence-corrected chi connectivity index (χ2v) is 9.74. The number of fused-ring (bicyclic) bond motifs is 1. The predicted octanol–water partition coefficient (Wildman–Crippen LogP) is 2.18. The molecular formula is C22H26N4O4S. The molecule has 5 heterocycles. The fourth-order valence-corrected chi connectivity index (χ4v) is 5.59. The van der Waals surface area contributed by atoms with Crippen LogP contribution in [-0.2, 0) is 22.5 Å². The van der Waals surface area contributed by atoms with Crippen molar-refractivity contribution in [3.63, 3.8) is 0 Å². The largest absolute Gasteiger partial charge is 0.368 e. The molecule has 0 saturated carbocycles. The van der Waals surface area contributed by atoms with Crippen molar-refractivity contribution in [3.05, 3.63) is 49.3 Å². The maximum atomic E-state index is 12.9. The Kier molecular flexibility index (Phi) is 5.39. The van der Waals surface area contributed by atoms with E-state index in [0.717, 1.165) is 36.3 Å². The lowest BCUT2D eigenvalue weighted by Gasteiger charge is -2.29. The summed E-state index contributed by atoms with van der Waals surface area (Å²) in [6.45, 7) is 4.05. The fraction of sp³-hybridized carbons (Fsp3) is 0.545. The number of thiophene rings is 1. The summed E-state index contributed by atoms with van der Waals surface area (Å²) in [6, 6.07) is 3.55. The topological polar surface area (TPSA) is 95.6 Å². The first-order chi connectivity index (χ1) is 15.0. The molecule has 0 aliphatic carbocycles. The van der Waals surface area contributed by atoms with E-state index in [2.05, 4.69) is 4.98 Å². The summed E-state index contributed by atoms with van der Waals surface area (Å²) in [4.78, 5) is 51.6. The van der Waals surface area contributed by atoms with Gasteiger partial charge in [0, 0.05) is 31.0 Å². The fourth-order valence-electron chi connectivity index (χ4n) is 4.75. The van der Waals surface area contributed by atoms with Crippen molar-refractivity contribution in [1.82, 2.24) is 19.8 Å². The first kappa shape index (κ1) is 20.4. The quantitative estimate of drug-likeness (QED) is 0.786. The van der Waals surface area contributed by atoms with Gasteiger partial charge in [0.15, 0.2) is 0 Å². The molecule has 5 rings (SSSR count). The minimum atomic E-state index is -0.370. The number of H-pyrrole nitrogens is 1. The number of amides is 2. The zero-order valence-corrected chi connectivity index (χ0v) is 18.4. The normalized spacial score (nSPS) is 23.3. The maximum absolute atomic E-state index is 12.9. The minimum Gasteiger partial charge on any atom is -0.368 e. The molecule has 0 spiro atoms. The van der Waals surface area contributed by atoms with Crippen molar-refractivity contribution >= 4 is 23.2 Å². The van der Waals surface area contributed by atoms with Crippen LogP contribution in [-0.4, -0.2) is 57.4 Å². The Bertz CT molecular complexity index is 1070. The second-order valence-electron chi connectivity index (χ2n) is 8.45. The highest BCUT2D eigenvalue weighted by Crippen LogP contribution is 2.32. The number of carbonyl (C=O) groups is 2. The van der Waals surface area contributed by atoms with E-state index < -0.39 is 0 Å². The smallest absolute Gasteiger partial charge is 0.264 e. The highest BCUT2D eigenvalue weighted by molar-refractivity contribution is 7.13. The lowest BCUT2D eigenvalue weighted by molar-refractivity contribution is -0.142. The minimum absolute atomic E-state index is 0.00313. The molecule has 31 heavy (non-hydrogen) atoms. The van der Waals surface area contributed by atoms with E-state index in [0.29, 0.717) is 42.4 Å². The molecule has 9 heteroatoms. The maximum Gasteiger partial charge on any atom is 0.264 e. The second kappa shape index (κ2) is 8.20. The van der Waals surface area contributed by atoms with Crippen molar-refractivity contribution < 1.29 is 14.3 Å². The summed E-state index contributed by atoms with van der Waals surface area (Å²) in [5.74, 6) is 0.515. The van der Waals surface area contributed by atoms with E-state index in [-0.39, 0.29) is 36.1 Å². The van der Waals surface area contributed by atoms with Crippen molar-refractivity contribution in [2.24, 2.45) is 0 Å². The molecule has 0 bridgehead atoms. The van der Waals surface area contributed by atoms with Crippen molar-refractivity contribution in [1.29, 1.82) is 0 Å². The van der Waals surface area contributed by atoms with E-state index >= 15 is 0 Å². The Morgan fingerprint density at radius 3 is 2.84 bits per heavy atom. The number of carbonyl (C=O) groups excluding carboxylic acids is 2. The van der Waals surface area contributed by atoms with E-state index in [9.17, 15) is 14.4 Å². The Labute approximate surface area is 184 Å². The standard InChI is InChI=1S/C22H26N4O4S/c1-13-6-7-18(31-13)22(29)25-10-8-15-14(12-25)20(27)24-19(23-15)16-4-2-9-26(16)21(28)17-5-3-11-30-17/h6-7,16-17H,2-5,8-12H2,1H3,(H,23,24,27)/t16-,17-/m1/s1. The van der Waals surface area contributed by atoms with Gasteiger partial charge in [-0.15, -0.1) is 11.3 Å². The van der Waals surface area contributed by atoms with Gasteiger partial charge >= 0.3 is 0 Å². The summed E-state index contributed by atoms with van der Waals surface area (Å²) < 4.78 is 5.58. The summed E-state index contributed by atoms with van der Waals surface area (Å²) >= 11 is 1.47. The number of aryl methyl sites for hydroxylation is 1. The Hall–Kier alpha value is -2.52. The summed E-state index contributed by atoms with van der Waals surface area (Å²) in [6.07, 6.45) is 3.49. The van der Waals surface area contributed by atoms with Gasteiger partial charge in [0.2, 0.25) is 0 Å². The van der Waals surface area contributed by atoms with Crippen LogP contribution in [0.3, 0.4) is 0 Å². The van der Waals surface area contributed by atoms with Gasteiger partial charge in [-0.05, 0) is 44.7 Å². The van der Waals surface area contributed by atoms with Crippen LogP contribution >= 0.6 is 11.3 Å². The third kappa shape index (κ3) is 3.80. The number of rotatable bonds is 3. The molecule has 3 aliphatic rings. The van der Waals surface area contributed by atoms with Crippen LogP contribution in [0.15, 0.2) is 16.9 Å². The monoisotopic (exact) mass is 442 g/mol. The van der Waals surface area contributed by atoms with Gasteiger partial charge in [-0.2, -0.15) is 0 Å². The van der Waals surface area contributed by atoms with Gasteiger partial charge in [-0.1, -0.05) is 0 Å². The number of aromatic amines is 1. The molecule has 164 valence electrons. The molecule has 2 amide bonds. The average Bonchev–Trinajstić information content (AvgIpc) is 3.54. The summed E-state index contributed by atoms with van der Waals surface area (Å²) in [5.41, 5.74) is 1.07. The van der Waals surface area contributed by atoms with E-state index in [1.165, 1.54) is 11.3 Å².